The number of nitrogens with zero attached hydrogens (tertiary/aromatic N) is 2. The van der Waals surface area contributed by atoms with Crippen LogP contribution in [0.1, 0.15) is 0 Å². The molecule has 1 heterocycles. The lowest BCUT2D eigenvalue weighted by Gasteiger charge is -1.99. The van der Waals surface area contributed by atoms with Crippen molar-refractivity contribution in [3.05, 3.63) is 41.7 Å². The summed E-state index contributed by atoms with van der Waals surface area (Å²) < 4.78 is 1.64. The van der Waals surface area contributed by atoms with Crippen LogP contribution in [0.25, 0.3) is 5.69 Å². The molecule has 2 rings (SSSR count). The number of phenolic OH excluding ortho intramolecular Hbond substituents is 1. The molecule has 0 fully saturated rings. The molecule has 66 valence electrons. The van der Waals surface area contributed by atoms with E-state index < -0.39 is 0 Å². The maximum atomic E-state index is 9.05. The van der Waals surface area contributed by atoms with Crippen molar-refractivity contribution in [2.75, 3.05) is 0 Å². The van der Waals surface area contributed by atoms with Crippen molar-refractivity contribution >= 4 is 11.6 Å². The fourth-order valence-electron chi connectivity index (χ4n) is 1.05. The van der Waals surface area contributed by atoms with Gasteiger partial charge in [-0.1, -0.05) is 11.6 Å². The van der Waals surface area contributed by atoms with Gasteiger partial charge in [-0.05, 0) is 30.3 Å². The van der Waals surface area contributed by atoms with Crippen molar-refractivity contribution in [2.45, 2.75) is 0 Å². The van der Waals surface area contributed by atoms with E-state index in [2.05, 4.69) is 5.10 Å². The van der Waals surface area contributed by atoms with Crippen molar-refractivity contribution in [3.63, 3.8) is 0 Å². The van der Waals surface area contributed by atoms with Crippen LogP contribution in [0.5, 0.6) is 5.75 Å². The first-order chi connectivity index (χ1) is 6.25. The summed E-state index contributed by atoms with van der Waals surface area (Å²) in [5, 5.41) is 13.5. The van der Waals surface area contributed by atoms with Crippen LogP contribution in [0.4, 0.5) is 0 Å². The minimum absolute atomic E-state index is 0.238. The molecule has 1 aromatic carbocycles. The van der Waals surface area contributed by atoms with Gasteiger partial charge in [-0.25, -0.2) is 4.68 Å². The highest BCUT2D eigenvalue weighted by molar-refractivity contribution is 6.29. The first-order valence-electron chi connectivity index (χ1n) is 3.76. The number of hydrogen-bond donors (Lipinski definition) is 1. The Bertz CT molecular complexity index is 408. The molecule has 3 nitrogen and oxygen atoms in total. The summed E-state index contributed by atoms with van der Waals surface area (Å²) in [7, 11) is 0. The predicted octanol–water partition coefficient (Wildman–Crippen LogP) is 2.23. The van der Waals surface area contributed by atoms with Gasteiger partial charge in [0.05, 0.1) is 5.69 Å². The van der Waals surface area contributed by atoms with E-state index in [1.807, 2.05) is 0 Å². The monoisotopic (exact) mass is 194 g/mol. The standard InChI is InChI=1S/C9H7ClN2O/c10-9-5-6-12(11-9)7-1-3-8(13)4-2-7/h1-6,13H. The van der Waals surface area contributed by atoms with Gasteiger partial charge in [-0.15, -0.1) is 0 Å². The van der Waals surface area contributed by atoms with Crippen molar-refractivity contribution in [1.29, 1.82) is 0 Å². The third kappa shape index (κ3) is 1.65. The Morgan fingerprint density at radius 2 is 1.85 bits per heavy atom. The van der Waals surface area contributed by atoms with Crippen molar-refractivity contribution < 1.29 is 5.11 Å². The molecule has 4 heteroatoms. The van der Waals surface area contributed by atoms with Crippen LogP contribution >= 0.6 is 11.6 Å². The highest BCUT2D eigenvalue weighted by Crippen LogP contribution is 2.14. The summed E-state index contributed by atoms with van der Waals surface area (Å²) in [5.41, 5.74) is 0.865. The largest absolute Gasteiger partial charge is 0.508 e. The minimum atomic E-state index is 0.238. The normalized spacial score (nSPS) is 10.2. The molecule has 0 unspecified atom stereocenters. The molecule has 0 amide bonds. The average Bonchev–Trinajstić information content (AvgIpc) is 2.53. The first kappa shape index (κ1) is 8.13. The molecule has 0 saturated heterocycles. The number of hydrogen-bond acceptors (Lipinski definition) is 2. The second kappa shape index (κ2) is 3.11. The molecule has 13 heavy (non-hydrogen) atoms. The first-order valence-corrected chi connectivity index (χ1v) is 4.14. The van der Waals surface area contributed by atoms with E-state index in [4.69, 9.17) is 16.7 Å². The molecule has 0 bridgehead atoms. The van der Waals surface area contributed by atoms with E-state index in [9.17, 15) is 0 Å². The van der Waals surface area contributed by atoms with E-state index in [0.717, 1.165) is 5.69 Å². The zero-order valence-electron chi connectivity index (χ0n) is 6.68. The van der Waals surface area contributed by atoms with Crippen molar-refractivity contribution in [2.24, 2.45) is 0 Å². The third-order valence-electron chi connectivity index (χ3n) is 1.67. The Hall–Kier alpha value is -1.48. The average molecular weight is 195 g/mol. The molecule has 1 aromatic heterocycles. The van der Waals surface area contributed by atoms with Crippen LogP contribution in [-0.4, -0.2) is 14.9 Å². The van der Waals surface area contributed by atoms with Crippen LogP contribution in [-0.2, 0) is 0 Å². The van der Waals surface area contributed by atoms with Crippen LogP contribution in [0.15, 0.2) is 36.5 Å². The number of rotatable bonds is 1. The number of benzene rings is 1. The summed E-state index contributed by atoms with van der Waals surface area (Å²) in [6.45, 7) is 0. The van der Waals surface area contributed by atoms with Gasteiger partial charge < -0.3 is 5.11 Å². The number of halogens is 1. The zero-order chi connectivity index (χ0) is 9.26. The van der Waals surface area contributed by atoms with Gasteiger partial charge >= 0.3 is 0 Å². The molecule has 0 spiro atoms. The van der Waals surface area contributed by atoms with Crippen LogP contribution < -0.4 is 0 Å². The summed E-state index contributed by atoms with van der Waals surface area (Å²) in [6.07, 6.45) is 1.76. The Labute approximate surface area is 80.2 Å². The molecular weight excluding hydrogens is 188 g/mol. The lowest BCUT2D eigenvalue weighted by Crippen LogP contribution is -1.92. The number of aromatic nitrogens is 2. The van der Waals surface area contributed by atoms with Gasteiger partial charge in [0.25, 0.3) is 0 Å². The van der Waals surface area contributed by atoms with E-state index >= 15 is 0 Å². The third-order valence-corrected chi connectivity index (χ3v) is 1.87. The SMILES string of the molecule is Oc1ccc(-n2ccc(Cl)n2)cc1. The van der Waals surface area contributed by atoms with Gasteiger partial charge in [-0.2, -0.15) is 5.10 Å². The molecule has 2 aromatic rings. The minimum Gasteiger partial charge on any atom is -0.508 e. The molecule has 1 N–H and O–H groups in total. The lowest BCUT2D eigenvalue weighted by molar-refractivity contribution is 0.475. The van der Waals surface area contributed by atoms with E-state index in [-0.39, 0.29) is 5.75 Å². The quantitative estimate of drug-likeness (QED) is 0.756. The summed E-state index contributed by atoms with van der Waals surface area (Å²) in [4.78, 5) is 0. The fourth-order valence-corrected chi connectivity index (χ4v) is 1.19. The topological polar surface area (TPSA) is 38.0 Å². The van der Waals surface area contributed by atoms with Gasteiger partial charge in [0.1, 0.15) is 5.75 Å². The molecule has 0 atom stereocenters. The van der Waals surface area contributed by atoms with Gasteiger partial charge in [0.2, 0.25) is 0 Å². The summed E-state index contributed by atoms with van der Waals surface area (Å²) in [5.74, 6) is 0.238. The zero-order valence-corrected chi connectivity index (χ0v) is 7.44. The second-order valence-corrected chi connectivity index (χ2v) is 2.99. The van der Waals surface area contributed by atoms with Crippen LogP contribution in [0.2, 0.25) is 5.15 Å². The van der Waals surface area contributed by atoms with Crippen LogP contribution in [0, 0.1) is 0 Å². The maximum Gasteiger partial charge on any atom is 0.151 e. The fraction of sp³-hybridized carbons (Fsp3) is 0. The van der Waals surface area contributed by atoms with Crippen molar-refractivity contribution in [1.82, 2.24) is 9.78 Å². The number of phenols is 1. The van der Waals surface area contributed by atoms with E-state index in [1.165, 1.54) is 0 Å². The smallest absolute Gasteiger partial charge is 0.151 e. The Morgan fingerprint density at radius 1 is 1.15 bits per heavy atom. The highest BCUT2D eigenvalue weighted by Gasteiger charge is 1.97. The molecular formula is C9H7ClN2O. The van der Waals surface area contributed by atoms with Gasteiger partial charge in [-0.3, -0.25) is 0 Å². The molecule has 0 saturated carbocycles. The molecule has 0 aliphatic heterocycles. The van der Waals surface area contributed by atoms with Crippen LogP contribution in [0.3, 0.4) is 0 Å². The Morgan fingerprint density at radius 3 is 2.38 bits per heavy atom. The molecule has 0 aliphatic carbocycles. The lowest BCUT2D eigenvalue weighted by atomic mass is 10.3. The van der Waals surface area contributed by atoms with E-state index in [1.54, 1.807) is 41.2 Å². The van der Waals surface area contributed by atoms with Gasteiger partial charge in [0.15, 0.2) is 5.15 Å². The summed E-state index contributed by atoms with van der Waals surface area (Å²) in [6, 6.07) is 8.43. The maximum absolute atomic E-state index is 9.05. The Balaban J connectivity index is 2.41. The second-order valence-electron chi connectivity index (χ2n) is 2.60. The highest BCUT2D eigenvalue weighted by atomic mass is 35.5. The predicted molar refractivity (Wildman–Crippen MR) is 50.2 cm³/mol. The molecule has 0 radical (unpaired) electrons. The van der Waals surface area contributed by atoms with E-state index in [0.29, 0.717) is 5.15 Å². The number of aromatic hydroxyl groups is 1. The molecule has 0 aliphatic rings. The Kier molecular flexibility index (Phi) is 1.94. The summed E-state index contributed by atoms with van der Waals surface area (Å²) >= 11 is 5.66. The van der Waals surface area contributed by atoms with Gasteiger partial charge in [0, 0.05) is 6.20 Å². The van der Waals surface area contributed by atoms with Crippen molar-refractivity contribution in [3.8, 4) is 11.4 Å².